The molecular weight excluding hydrogens is 354 g/mol. The fraction of sp³-hybridized carbons (Fsp3) is 0.316. The number of rotatable bonds is 6. The van der Waals surface area contributed by atoms with Crippen molar-refractivity contribution in [1.82, 2.24) is 14.5 Å². The number of carbonyl (C=O) groups excluding carboxylic acids is 1. The molecule has 0 bridgehead atoms. The average molecular weight is 372 g/mol. The van der Waals surface area contributed by atoms with Crippen LogP contribution in [-0.4, -0.2) is 40.6 Å². The number of halogens is 2. The van der Waals surface area contributed by atoms with Crippen molar-refractivity contribution in [2.24, 2.45) is 12.5 Å². The molecule has 1 aliphatic rings. The SMILES string of the molecule is COc1nccc(F)c1-c1cc2cc(NCC3(C=O)CC3F)ncc2n1C. The molecule has 0 aromatic carbocycles. The molecule has 27 heavy (non-hydrogen) atoms. The number of anilines is 1. The molecule has 0 amide bonds. The van der Waals surface area contributed by atoms with Crippen LogP contribution in [0.2, 0.25) is 0 Å². The number of aryl methyl sites for hydroxylation is 1. The van der Waals surface area contributed by atoms with Crippen LogP contribution in [0, 0.1) is 11.2 Å². The molecule has 1 aliphatic carbocycles. The Morgan fingerprint density at radius 3 is 2.89 bits per heavy atom. The van der Waals surface area contributed by atoms with Crippen molar-refractivity contribution in [3.05, 3.63) is 36.4 Å². The molecule has 8 heteroatoms. The summed E-state index contributed by atoms with van der Waals surface area (Å²) in [4.78, 5) is 19.5. The molecule has 140 valence electrons. The van der Waals surface area contributed by atoms with Gasteiger partial charge in [0.15, 0.2) is 0 Å². The van der Waals surface area contributed by atoms with E-state index in [9.17, 15) is 13.6 Å². The van der Waals surface area contributed by atoms with Gasteiger partial charge in [-0.05, 0) is 24.6 Å². The third kappa shape index (κ3) is 2.81. The first kappa shape index (κ1) is 17.4. The second-order valence-electron chi connectivity index (χ2n) is 6.77. The highest BCUT2D eigenvalue weighted by molar-refractivity contribution is 5.89. The lowest BCUT2D eigenvalue weighted by Crippen LogP contribution is -2.20. The van der Waals surface area contributed by atoms with Crippen LogP contribution in [-0.2, 0) is 11.8 Å². The minimum atomic E-state index is -1.10. The van der Waals surface area contributed by atoms with Crippen molar-refractivity contribution in [3.63, 3.8) is 0 Å². The molecule has 0 spiro atoms. The van der Waals surface area contributed by atoms with Gasteiger partial charge in [0.05, 0.1) is 35.5 Å². The number of carbonyl (C=O) groups is 1. The molecule has 4 rings (SSSR count). The fourth-order valence-electron chi connectivity index (χ4n) is 3.25. The molecule has 2 unspecified atom stereocenters. The summed E-state index contributed by atoms with van der Waals surface area (Å²) < 4.78 is 34.8. The van der Waals surface area contributed by atoms with E-state index < -0.39 is 17.4 Å². The Bertz CT molecular complexity index is 1040. The Labute approximate surface area is 154 Å². The van der Waals surface area contributed by atoms with Crippen LogP contribution in [0.15, 0.2) is 30.6 Å². The maximum Gasteiger partial charge on any atom is 0.225 e. The Morgan fingerprint density at radius 1 is 1.44 bits per heavy atom. The van der Waals surface area contributed by atoms with Gasteiger partial charge in [-0.25, -0.2) is 18.7 Å². The summed E-state index contributed by atoms with van der Waals surface area (Å²) in [6, 6.07) is 4.88. The standard InChI is InChI=1S/C19H18F2N4O2/c1-25-13(17-12(20)3-4-22-18(17)27-2)5-11-6-16(23-8-14(11)25)24-9-19(10-26)7-15(19)21/h3-6,8,10,15H,7,9H2,1-2H3,(H,23,24). The summed E-state index contributed by atoms with van der Waals surface area (Å²) in [5.74, 6) is 0.288. The number of alkyl halides is 1. The van der Waals surface area contributed by atoms with E-state index in [4.69, 9.17) is 4.74 Å². The van der Waals surface area contributed by atoms with Gasteiger partial charge in [-0.2, -0.15) is 0 Å². The minimum absolute atomic E-state index is 0.195. The van der Waals surface area contributed by atoms with Crippen molar-refractivity contribution < 1.29 is 18.3 Å². The predicted molar refractivity (Wildman–Crippen MR) is 97.0 cm³/mol. The second kappa shape index (κ2) is 6.29. The van der Waals surface area contributed by atoms with E-state index in [1.807, 2.05) is 6.07 Å². The zero-order valence-electron chi connectivity index (χ0n) is 14.9. The number of aldehydes is 1. The normalized spacial score (nSPS) is 21.3. The van der Waals surface area contributed by atoms with E-state index in [2.05, 4.69) is 15.3 Å². The van der Waals surface area contributed by atoms with Crippen LogP contribution in [0.5, 0.6) is 5.88 Å². The molecule has 0 radical (unpaired) electrons. The highest BCUT2D eigenvalue weighted by atomic mass is 19.1. The van der Waals surface area contributed by atoms with Gasteiger partial charge in [0, 0.05) is 25.2 Å². The quantitative estimate of drug-likeness (QED) is 0.674. The van der Waals surface area contributed by atoms with Crippen molar-refractivity contribution in [2.45, 2.75) is 12.6 Å². The van der Waals surface area contributed by atoms with E-state index in [0.717, 1.165) is 10.9 Å². The Kier molecular flexibility index (Phi) is 4.05. The number of aromatic nitrogens is 3. The first-order valence-electron chi connectivity index (χ1n) is 8.47. The zero-order chi connectivity index (χ0) is 19.2. The van der Waals surface area contributed by atoms with Gasteiger partial charge in [0.1, 0.15) is 24.1 Å². The Balaban J connectivity index is 1.69. The van der Waals surface area contributed by atoms with Crippen molar-refractivity contribution in [3.8, 4) is 17.1 Å². The van der Waals surface area contributed by atoms with E-state index in [0.29, 0.717) is 17.8 Å². The summed E-state index contributed by atoms with van der Waals surface area (Å²) >= 11 is 0. The van der Waals surface area contributed by atoms with Gasteiger partial charge in [0.25, 0.3) is 0 Å². The maximum atomic E-state index is 14.4. The monoisotopic (exact) mass is 372 g/mol. The predicted octanol–water partition coefficient (Wildman–Crippen LogP) is 3.12. The Morgan fingerprint density at radius 2 is 2.22 bits per heavy atom. The van der Waals surface area contributed by atoms with Crippen LogP contribution in [0.4, 0.5) is 14.6 Å². The van der Waals surface area contributed by atoms with Gasteiger partial charge in [-0.1, -0.05) is 0 Å². The third-order valence-corrected chi connectivity index (χ3v) is 5.10. The van der Waals surface area contributed by atoms with Crippen molar-refractivity contribution >= 4 is 23.0 Å². The largest absolute Gasteiger partial charge is 0.480 e. The van der Waals surface area contributed by atoms with Crippen LogP contribution >= 0.6 is 0 Å². The summed E-state index contributed by atoms with van der Waals surface area (Å²) in [6.07, 6.45) is 2.80. The first-order valence-corrected chi connectivity index (χ1v) is 8.47. The lowest BCUT2D eigenvalue weighted by molar-refractivity contribution is -0.112. The van der Waals surface area contributed by atoms with Gasteiger partial charge >= 0.3 is 0 Å². The highest BCUT2D eigenvalue weighted by Gasteiger charge is 2.55. The minimum Gasteiger partial charge on any atom is -0.480 e. The molecular formula is C19H18F2N4O2. The van der Waals surface area contributed by atoms with Crippen LogP contribution in [0.25, 0.3) is 22.2 Å². The van der Waals surface area contributed by atoms with Crippen molar-refractivity contribution in [2.75, 3.05) is 19.0 Å². The smallest absolute Gasteiger partial charge is 0.225 e. The van der Waals surface area contributed by atoms with Crippen molar-refractivity contribution in [1.29, 1.82) is 0 Å². The molecule has 3 heterocycles. The highest BCUT2D eigenvalue weighted by Crippen LogP contribution is 2.46. The molecule has 6 nitrogen and oxygen atoms in total. The molecule has 1 fully saturated rings. The molecule has 2 atom stereocenters. The summed E-state index contributed by atoms with van der Waals surface area (Å²) in [5.41, 5.74) is 0.721. The average Bonchev–Trinajstić information content (AvgIpc) is 3.22. The molecule has 0 saturated heterocycles. The van der Waals surface area contributed by atoms with Gasteiger partial charge in [0.2, 0.25) is 5.88 Å². The maximum absolute atomic E-state index is 14.4. The number of nitrogens with zero attached hydrogens (tertiary/aromatic N) is 3. The number of fused-ring (bicyclic) bond motifs is 1. The van der Waals surface area contributed by atoms with E-state index >= 15 is 0 Å². The van der Waals surface area contributed by atoms with E-state index in [1.165, 1.54) is 19.4 Å². The van der Waals surface area contributed by atoms with E-state index in [-0.39, 0.29) is 24.4 Å². The van der Waals surface area contributed by atoms with Gasteiger partial charge in [-0.3, -0.25) is 0 Å². The van der Waals surface area contributed by atoms with E-state index in [1.54, 1.807) is 23.9 Å². The number of methoxy groups -OCH3 is 1. The van der Waals surface area contributed by atoms with Crippen LogP contribution in [0.3, 0.4) is 0 Å². The number of hydrogen-bond donors (Lipinski definition) is 1. The van der Waals surface area contributed by atoms with Gasteiger partial charge < -0.3 is 19.4 Å². The Hall–Kier alpha value is -3.03. The number of nitrogens with one attached hydrogen (secondary N) is 1. The number of ether oxygens (including phenoxy) is 1. The van der Waals surface area contributed by atoms with Crippen LogP contribution < -0.4 is 10.1 Å². The second-order valence-corrected chi connectivity index (χ2v) is 6.77. The number of hydrogen-bond acceptors (Lipinski definition) is 5. The summed E-state index contributed by atoms with van der Waals surface area (Å²) in [6.45, 7) is 0.195. The molecule has 1 N–H and O–H groups in total. The molecule has 0 aliphatic heterocycles. The summed E-state index contributed by atoms with van der Waals surface area (Å²) in [7, 11) is 3.24. The lowest BCUT2D eigenvalue weighted by atomic mass is 10.1. The molecule has 3 aromatic heterocycles. The first-order chi connectivity index (χ1) is 13.0. The zero-order valence-corrected chi connectivity index (χ0v) is 14.9. The molecule has 1 saturated carbocycles. The number of pyridine rings is 2. The van der Waals surface area contributed by atoms with Crippen LogP contribution in [0.1, 0.15) is 6.42 Å². The lowest BCUT2D eigenvalue weighted by Gasteiger charge is -2.10. The summed E-state index contributed by atoms with van der Waals surface area (Å²) in [5, 5.41) is 3.84. The van der Waals surface area contributed by atoms with Gasteiger partial charge in [-0.15, -0.1) is 0 Å². The molecule has 3 aromatic rings. The third-order valence-electron chi connectivity index (χ3n) is 5.10. The topological polar surface area (TPSA) is 69.0 Å². The fourth-order valence-corrected chi connectivity index (χ4v) is 3.25.